The quantitative estimate of drug-likeness (QED) is 0.863. The summed E-state index contributed by atoms with van der Waals surface area (Å²) in [6, 6.07) is 3.85. The molecule has 0 bridgehead atoms. The maximum Gasteiger partial charge on any atom is 0.260 e. The zero-order valence-electron chi connectivity index (χ0n) is 13.8. The lowest BCUT2D eigenvalue weighted by molar-refractivity contribution is -0.137. The minimum Gasteiger partial charge on any atom is -0.484 e. The summed E-state index contributed by atoms with van der Waals surface area (Å²) in [5, 5.41) is 2.72. The van der Waals surface area contributed by atoms with Crippen LogP contribution in [0, 0.1) is 5.82 Å². The molecule has 7 heteroatoms. The first-order valence-corrected chi connectivity index (χ1v) is 7.67. The highest BCUT2D eigenvalue weighted by atomic mass is 35.5. The molecule has 1 N–H and O–H groups in total. The van der Waals surface area contributed by atoms with Gasteiger partial charge in [-0.3, -0.25) is 9.59 Å². The first-order chi connectivity index (χ1) is 10.6. The second kappa shape index (κ2) is 8.15. The summed E-state index contributed by atoms with van der Waals surface area (Å²) in [7, 11) is 0. The summed E-state index contributed by atoms with van der Waals surface area (Å²) in [5.41, 5.74) is -0.360. The van der Waals surface area contributed by atoms with Crippen LogP contribution in [0.4, 0.5) is 4.39 Å². The van der Waals surface area contributed by atoms with Crippen LogP contribution < -0.4 is 10.1 Å². The van der Waals surface area contributed by atoms with Gasteiger partial charge in [-0.2, -0.15) is 0 Å². The molecule has 1 rings (SSSR count). The van der Waals surface area contributed by atoms with Crippen molar-refractivity contribution in [2.75, 3.05) is 19.7 Å². The first kappa shape index (κ1) is 19.2. The molecule has 0 aliphatic rings. The molecule has 0 aromatic heterocycles. The van der Waals surface area contributed by atoms with E-state index in [0.29, 0.717) is 12.3 Å². The van der Waals surface area contributed by atoms with Crippen LogP contribution in [0.2, 0.25) is 5.02 Å². The summed E-state index contributed by atoms with van der Waals surface area (Å²) in [4.78, 5) is 25.4. The molecular formula is C16H22ClFN2O3. The van der Waals surface area contributed by atoms with E-state index in [1.165, 1.54) is 17.0 Å². The minimum absolute atomic E-state index is 0.0415. The molecule has 0 saturated carbocycles. The third-order valence-corrected chi connectivity index (χ3v) is 3.13. The normalized spacial score (nSPS) is 11.0. The molecule has 2 amide bonds. The Morgan fingerprint density at radius 1 is 1.35 bits per heavy atom. The van der Waals surface area contributed by atoms with Crippen LogP contribution in [0.5, 0.6) is 5.75 Å². The fraction of sp³-hybridized carbons (Fsp3) is 0.500. The number of nitrogens with one attached hydrogen (secondary N) is 1. The maximum atomic E-state index is 13.1. The van der Waals surface area contributed by atoms with Gasteiger partial charge >= 0.3 is 0 Å². The summed E-state index contributed by atoms with van der Waals surface area (Å²) < 4.78 is 18.3. The predicted octanol–water partition coefficient (Wildman–Crippen LogP) is 2.62. The van der Waals surface area contributed by atoms with Gasteiger partial charge in [0.25, 0.3) is 5.91 Å². The standard InChI is InChI=1S/C16H22ClFN2O3/c1-5-20(9-14(21)19-16(2,3)4)15(22)10-23-11-6-7-13(18)12(17)8-11/h6-8H,5,9-10H2,1-4H3,(H,19,21). The van der Waals surface area contributed by atoms with Crippen molar-refractivity contribution in [2.45, 2.75) is 33.2 Å². The van der Waals surface area contributed by atoms with Gasteiger partial charge in [0.2, 0.25) is 5.91 Å². The van der Waals surface area contributed by atoms with Crippen LogP contribution >= 0.6 is 11.6 Å². The van der Waals surface area contributed by atoms with E-state index in [1.807, 2.05) is 20.8 Å². The number of benzene rings is 1. The van der Waals surface area contributed by atoms with E-state index >= 15 is 0 Å². The van der Waals surface area contributed by atoms with Gasteiger partial charge in [-0.1, -0.05) is 11.6 Å². The molecule has 0 heterocycles. The molecule has 128 valence electrons. The van der Waals surface area contributed by atoms with E-state index in [-0.39, 0.29) is 35.5 Å². The van der Waals surface area contributed by atoms with Crippen molar-refractivity contribution >= 4 is 23.4 Å². The Morgan fingerprint density at radius 3 is 2.52 bits per heavy atom. The largest absolute Gasteiger partial charge is 0.484 e. The van der Waals surface area contributed by atoms with Crippen LogP contribution in [-0.4, -0.2) is 41.9 Å². The van der Waals surface area contributed by atoms with E-state index in [9.17, 15) is 14.0 Å². The minimum atomic E-state index is -0.556. The number of likely N-dealkylation sites (N-methyl/N-ethyl adjacent to an activating group) is 1. The molecule has 1 aromatic rings. The number of amides is 2. The molecule has 0 radical (unpaired) electrons. The molecule has 0 saturated heterocycles. The van der Waals surface area contributed by atoms with Crippen molar-refractivity contribution in [2.24, 2.45) is 0 Å². The van der Waals surface area contributed by atoms with Crippen LogP contribution in [-0.2, 0) is 9.59 Å². The number of carbonyl (C=O) groups is 2. The highest BCUT2D eigenvalue weighted by Gasteiger charge is 2.19. The Balaban J connectivity index is 2.56. The Bertz CT molecular complexity index is 573. The molecule has 23 heavy (non-hydrogen) atoms. The monoisotopic (exact) mass is 344 g/mol. The third kappa shape index (κ3) is 6.86. The first-order valence-electron chi connectivity index (χ1n) is 7.29. The van der Waals surface area contributed by atoms with Gasteiger partial charge in [-0.15, -0.1) is 0 Å². The Kier molecular flexibility index (Phi) is 6.81. The molecule has 0 spiro atoms. The summed E-state index contributed by atoms with van der Waals surface area (Å²) >= 11 is 5.65. The van der Waals surface area contributed by atoms with Crippen molar-refractivity contribution in [3.8, 4) is 5.75 Å². The zero-order valence-corrected chi connectivity index (χ0v) is 14.5. The Labute approximate surface area is 140 Å². The lowest BCUT2D eigenvalue weighted by atomic mass is 10.1. The van der Waals surface area contributed by atoms with Gasteiger partial charge < -0.3 is 15.0 Å². The number of nitrogens with zero attached hydrogens (tertiary/aromatic N) is 1. The second-order valence-corrected chi connectivity index (χ2v) is 6.48. The molecular weight excluding hydrogens is 323 g/mol. The van der Waals surface area contributed by atoms with E-state index in [0.717, 1.165) is 6.07 Å². The predicted molar refractivity (Wildman–Crippen MR) is 87.1 cm³/mol. The molecule has 0 fully saturated rings. The highest BCUT2D eigenvalue weighted by Crippen LogP contribution is 2.21. The fourth-order valence-corrected chi connectivity index (χ4v) is 1.98. The van der Waals surface area contributed by atoms with Crippen molar-refractivity contribution in [1.82, 2.24) is 10.2 Å². The van der Waals surface area contributed by atoms with Gasteiger partial charge in [0.15, 0.2) is 6.61 Å². The molecule has 0 aliphatic carbocycles. The van der Waals surface area contributed by atoms with Crippen molar-refractivity contribution in [1.29, 1.82) is 0 Å². The number of halogens is 2. The lowest BCUT2D eigenvalue weighted by Crippen LogP contribution is -2.48. The van der Waals surface area contributed by atoms with Crippen LogP contribution in [0.1, 0.15) is 27.7 Å². The fourth-order valence-electron chi connectivity index (χ4n) is 1.81. The number of carbonyl (C=O) groups excluding carboxylic acids is 2. The van der Waals surface area contributed by atoms with E-state index in [1.54, 1.807) is 6.92 Å². The topological polar surface area (TPSA) is 58.6 Å². The SMILES string of the molecule is CCN(CC(=O)NC(C)(C)C)C(=O)COc1ccc(F)c(Cl)c1. The van der Waals surface area contributed by atoms with Crippen LogP contribution in [0.3, 0.4) is 0 Å². The van der Waals surface area contributed by atoms with Gasteiger partial charge in [-0.05, 0) is 39.8 Å². The average Bonchev–Trinajstić information content (AvgIpc) is 2.43. The van der Waals surface area contributed by atoms with Crippen molar-refractivity contribution in [3.63, 3.8) is 0 Å². The maximum absolute atomic E-state index is 13.1. The lowest BCUT2D eigenvalue weighted by Gasteiger charge is -2.25. The molecule has 5 nitrogen and oxygen atoms in total. The van der Waals surface area contributed by atoms with Gasteiger partial charge in [0, 0.05) is 18.2 Å². The van der Waals surface area contributed by atoms with Gasteiger partial charge in [-0.25, -0.2) is 4.39 Å². The number of rotatable bonds is 6. The summed E-state index contributed by atoms with van der Waals surface area (Å²) in [6.07, 6.45) is 0. The number of hydrogen-bond donors (Lipinski definition) is 1. The highest BCUT2D eigenvalue weighted by molar-refractivity contribution is 6.30. The van der Waals surface area contributed by atoms with E-state index in [4.69, 9.17) is 16.3 Å². The molecule has 0 atom stereocenters. The Morgan fingerprint density at radius 2 is 2.00 bits per heavy atom. The van der Waals surface area contributed by atoms with E-state index in [2.05, 4.69) is 5.32 Å². The number of ether oxygens (including phenoxy) is 1. The summed E-state index contributed by atoms with van der Waals surface area (Å²) in [6.45, 7) is 7.46. The van der Waals surface area contributed by atoms with Crippen LogP contribution in [0.25, 0.3) is 0 Å². The summed E-state index contributed by atoms with van der Waals surface area (Å²) in [5.74, 6) is -0.839. The van der Waals surface area contributed by atoms with Gasteiger partial charge in [0.05, 0.1) is 11.6 Å². The van der Waals surface area contributed by atoms with Crippen LogP contribution in [0.15, 0.2) is 18.2 Å². The van der Waals surface area contributed by atoms with Crippen molar-refractivity contribution < 1.29 is 18.7 Å². The van der Waals surface area contributed by atoms with Crippen molar-refractivity contribution in [3.05, 3.63) is 29.0 Å². The van der Waals surface area contributed by atoms with E-state index < -0.39 is 5.82 Å². The average molecular weight is 345 g/mol. The van der Waals surface area contributed by atoms with Gasteiger partial charge in [0.1, 0.15) is 11.6 Å². The molecule has 0 unspecified atom stereocenters. The molecule has 0 aliphatic heterocycles. The third-order valence-electron chi connectivity index (χ3n) is 2.84. The Hall–Kier alpha value is -1.82. The molecule has 1 aromatic carbocycles. The zero-order chi connectivity index (χ0) is 17.6. The second-order valence-electron chi connectivity index (χ2n) is 6.07. The smallest absolute Gasteiger partial charge is 0.260 e. The number of hydrogen-bond acceptors (Lipinski definition) is 3.